The lowest BCUT2D eigenvalue weighted by Crippen LogP contribution is -2.06. The molecule has 0 fully saturated rings. The fourth-order valence-electron chi connectivity index (χ4n) is 0.752. The average molecular weight is 224 g/mol. The van der Waals surface area contributed by atoms with E-state index in [0.717, 1.165) is 0 Å². The molecule has 0 amide bonds. The van der Waals surface area contributed by atoms with Crippen LogP contribution in [-0.4, -0.2) is 18.9 Å². The van der Waals surface area contributed by atoms with Crippen LogP contribution in [0.5, 0.6) is 0 Å². The number of alkyl halides is 1. The minimum atomic E-state index is -3.24. The first-order chi connectivity index (χ1) is 6.33. The lowest BCUT2D eigenvalue weighted by atomic mass is 10.2. The largest absolute Gasteiger partial charge is 0.353 e. The molecule has 0 aromatic carbocycles. The van der Waals surface area contributed by atoms with Gasteiger partial charge in [0.05, 0.1) is 13.2 Å². The van der Waals surface area contributed by atoms with Crippen LogP contribution in [0.25, 0.3) is 0 Å². The molecule has 3 nitrogen and oxygen atoms in total. The van der Waals surface area contributed by atoms with Gasteiger partial charge in [0, 0.05) is 5.82 Å². The molecular formula is C9H18FO3P. The third-order valence-electron chi connectivity index (χ3n) is 1.27. The van der Waals surface area contributed by atoms with Crippen LogP contribution in [-0.2, 0) is 13.6 Å². The maximum atomic E-state index is 13.1. The Hall–Kier alpha value is -0.180. The van der Waals surface area contributed by atoms with Gasteiger partial charge in [-0.05, 0) is 33.8 Å². The second-order valence-electron chi connectivity index (χ2n) is 3.26. The molecule has 0 aromatic rings. The third kappa shape index (κ3) is 6.30. The highest BCUT2D eigenvalue weighted by molar-refractivity contribution is 7.57. The van der Waals surface area contributed by atoms with E-state index >= 15 is 0 Å². The van der Waals surface area contributed by atoms with E-state index < -0.39 is 13.3 Å². The first kappa shape index (κ1) is 13.8. The summed E-state index contributed by atoms with van der Waals surface area (Å²) in [7, 11) is -3.24. The van der Waals surface area contributed by atoms with Gasteiger partial charge in [-0.25, -0.2) is 4.39 Å². The highest BCUT2D eigenvalue weighted by Crippen LogP contribution is 2.50. The van der Waals surface area contributed by atoms with Crippen molar-refractivity contribution in [1.82, 2.24) is 0 Å². The molecule has 0 aliphatic rings. The van der Waals surface area contributed by atoms with Crippen molar-refractivity contribution in [1.29, 1.82) is 0 Å². The second-order valence-corrected chi connectivity index (χ2v) is 5.15. The van der Waals surface area contributed by atoms with Crippen LogP contribution >= 0.6 is 7.60 Å². The quantitative estimate of drug-likeness (QED) is 0.647. The van der Waals surface area contributed by atoms with Gasteiger partial charge in [-0.15, -0.1) is 0 Å². The molecule has 0 heterocycles. The molecule has 0 unspecified atom stereocenters. The minimum Gasteiger partial charge on any atom is -0.306 e. The Balaban J connectivity index is 4.52. The van der Waals surface area contributed by atoms with Crippen LogP contribution in [0.4, 0.5) is 4.39 Å². The first-order valence-corrected chi connectivity index (χ1v) is 6.22. The molecule has 0 atom stereocenters. The van der Waals surface area contributed by atoms with Crippen LogP contribution in [0.3, 0.4) is 0 Å². The van der Waals surface area contributed by atoms with Gasteiger partial charge < -0.3 is 9.05 Å². The van der Waals surface area contributed by atoms with Crippen LogP contribution in [0.15, 0.2) is 11.9 Å². The Bertz CT molecular complexity index is 223. The predicted octanol–water partition coefficient (Wildman–Crippen LogP) is 3.51. The van der Waals surface area contributed by atoms with Gasteiger partial charge in [-0.1, -0.05) is 0 Å². The summed E-state index contributed by atoms with van der Waals surface area (Å²) in [5.41, 5.74) is -1.51. The monoisotopic (exact) mass is 224 g/mol. The zero-order chi connectivity index (χ0) is 11.2. The van der Waals surface area contributed by atoms with E-state index in [4.69, 9.17) is 9.05 Å². The molecule has 14 heavy (non-hydrogen) atoms. The summed E-state index contributed by atoms with van der Waals surface area (Å²) in [4.78, 5) is 0. The van der Waals surface area contributed by atoms with Crippen LogP contribution in [0.2, 0.25) is 0 Å². The summed E-state index contributed by atoms with van der Waals surface area (Å²) in [5.74, 6) is 1.18. The maximum Gasteiger partial charge on any atom is 0.353 e. The van der Waals surface area contributed by atoms with E-state index in [1.165, 1.54) is 25.7 Å². The molecule has 0 N–H and O–H groups in total. The standard InChI is InChI=1S/C9H18FO3P/c1-5-12-14(11,13-6-2)8-7-9(3,4)10/h7-8H,5-6H2,1-4H3/b8-7+. The molecular weight excluding hydrogens is 206 g/mol. The summed E-state index contributed by atoms with van der Waals surface area (Å²) < 4.78 is 34.7. The summed E-state index contributed by atoms with van der Waals surface area (Å²) in [6, 6.07) is 0. The van der Waals surface area contributed by atoms with Crippen LogP contribution in [0, 0.1) is 0 Å². The number of allylic oxidation sites excluding steroid dienone is 1. The molecule has 0 saturated heterocycles. The highest BCUT2D eigenvalue weighted by Gasteiger charge is 2.21. The molecule has 0 aromatic heterocycles. The molecule has 0 saturated carbocycles. The summed E-state index contributed by atoms with van der Waals surface area (Å²) >= 11 is 0. The molecule has 0 rings (SSSR count). The van der Waals surface area contributed by atoms with E-state index in [1.54, 1.807) is 13.8 Å². The van der Waals surface area contributed by atoms with Crippen molar-refractivity contribution in [3.05, 3.63) is 11.9 Å². The Morgan fingerprint density at radius 1 is 1.29 bits per heavy atom. The zero-order valence-corrected chi connectivity index (χ0v) is 10.0. The lowest BCUT2D eigenvalue weighted by molar-refractivity contribution is 0.227. The fraction of sp³-hybridized carbons (Fsp3) is 0.778. The van der Waals surface area contributed by atoms with Gasteiger partial charge in [0.15, 0.2) is 0 Å². The van der Waals surface area contributed by atoms with E-state index in [0.29, 0.717) is 0 Å². The molecule has 0 spiro atoms. The van der Waals surface area contributed by atoms with Gasteiger partial charge in [-0.2, -0.15) is 0 Å². The van der Waals surface area contributed by atoms with Gasteiger partial charge in [0.1, 0.15) is 5.67 Å². The summed E-state index contributed by atoms with van der Waals surface area (Å²) in [6.07, 6.45) is 1.19. The molecule has 84 valence electrons. The van der Waals surface area contributed by atoms with Gasteiger partial charge in [0.25, 0.3) is 0 Å². The first-order valence-electron chi connectivity index (χ1n) is 4.61. The topological polar surface area (TPSA) is 35.5 Å². The maximum absolute atomic E-state index is 13.1. The third-order valence-corrected chi connectivity index (χ3v) is 3.02. The fourth-order valence-corrected chi connectivity index (χ4v) is 2.26. The molecule has 0 aliphatic carbocycles. The Labute approximate surface area is 84.8 Å². The Kier molecular flexibility index (Phi) is 5.57. The van der Waals surface area contributed by atoms with Crippen molar-refractivity contribution in [2.75, 3.05) is 13.2 Å². The number of rotatable bonds is 6. The summed E-state index contributed by atoms with van der Waals surface area (Å²) in [6.45, 7) is 6.69. The lowest BCUT2D eigenvalue weighted by Gasteiger charge is -2.14. The van der Waals surface area contributed by atoms with E-state index in [2.05, 4.69) is 0 Å². The van der Waals surface area contributed by atoms with Gasteiger partial charge in [-0.3, -0.25) is 4.57 Å². The summed E-state index contributed by atoms with van der Waals surface area (Å²) in [5, 5.41) is 0. The number of hydrogen-bond acceptors (Lipinski definition) is 3. The number of halogens is 1. The van der Waals surface area contributed by atoms with Crippen LogP contribution in [0.1, 0.15) is 27.7 Å². The van der Waals surface area contributed by atoms with Crippen molar-refractivity contribution < 1.29 is 18.0 Å². The smallest absolute Gasteiger partial charge is 0.306 e. The molecule has 0 aliphatic heterocycles. The van der Waals surface area contributed by atoms with Crippen molar-refractivity contribution >= 4 is 7.60 Å². The number of hydrogen-bond donors (Lipinski definition) is 0. The van der Waals surface area contributed by atoms with Crippen molar-refractivity contribution in [2.24, 2.45) is 0 Å². The molecule has 5 heteroatoms. The van der Waals surface area contributed by atoms with E-state index in [9.17, 15) is 8.96 Å². The normalized spacial score (nSPS) is 13.8. The van der Waals surface area contributed by atoms with Crippen molar-refractivity contribution in [2.45, 2.75) is 33.4 Å². The van der Waals surface area contributed by atoms with Crippen molar-refractivity contribution in [3.63, 3.8) is 0 Å². The Morgan fingerprint density at radius 3 is 2.00 bits per heavy atom. The van der Waals surface area contributed by atoms with E-state index in [-0.39, 0.29) is 13.2 Å². The highest BCUT2D eigenvalue weighted by atomic mass is 31.2. The van der Waals surface area contributed by atoms with Crippen molar-refractivity contribution in [3.8, 4) is 0 Å². The zero-order valence-electron chi connectivity index (χ0n) is 9.12. The van der Waals surface area contributed by atoms with Gasteiger partial charge >= 0.3 is 7.60 Å². The predicted molar refractivity (Wildman–Crippen MR) is 55.2 cm³/mol. The minimum absolute atomic E-state index is 0.272. The van der Waals surface area contributed by atoms with Gasteiger partial charge in [0.2, 0.25) is 0 Å². The molecule has 0 bridgehead atoms. The average Bonchev–Trinajstić information content (AvgIpc) is 2.01. The second kappa shape index (κ2) is 5.64. The van der Waals surface area contributed by atoms with Crippen LogP contribution < -0.4 is 0 Å². The Morgan fingerprint density at radius 2 is 1.71 bits per heavy atom. The van der Waals surface area contributed by atoms with E-state index in [1.807, 2.05) is 0 Å². The molecule has 0 radical (unpaired) electrons. The SMILES string of the molecule is CCOP(=O)(/C=C/C(C)(C)F)OCC.